The van der Waals surface area contributed by atoms with Crippen molar-refractivity contribution in [3.05, 3.63) is 48.7 Å². The predicted octanol–water partition coefficient (Wildman–Crippen LogP) is 2.89. The largest absolute Gasteiger partial charge is 0.370 e. The molecule has 0 amide bonds. The Kier molecular flexibility index (Phi) is 4.10. The summed E-state index contributed by atoms with van der Waals surface area (Å²) in [4.78, 5) is 2.29. The second kappa shape index (κ2) is 5.41. The van der Waals surface area contributed by atoms with Crippen molar-refractivity contribution in [1.82, 2.24) is 4.90 Å². The SMILES string of the molecule is C=CC/C=C(\C=C/C)CN1C=CC1. The van der Waals surface area contributed by atoms with E-state index in [2.05, 4.69) is 42.0 Å². The Morgan fingerprint density at radius 2 is 2.38 bits per heavy atom. The first-order valence-electron chi connectivity index (χ1n) is 4.70. The maximum Gasteiger partial charge on any atom is 0.0424 e. The lowest BCUT2D eigenvalue weighted by Gasteiger charge is -2.25. The molecule has 0 aliphatic carbocycles. The minimum atomic E-state index is 0.956. The smallest absolute Gasteiger partial charge is 0.0424 e. The van der Waals surface area contributed by atoms with E-state index >= 15 is 0 Å². The molecule has 0 aromatic carbocycles. The summed E-state index contributed by atoms with van der Waals surface area (Å²) < 4.78 is 0. The van der Waals surface area contributed by atoms with Crippen LogP contribution in [0.4, 0.5) is 0 Å². The van der Waals surface area contributed by atoms with Crippen molar-refractivity contribution in [3.63, 3.8) is 0 Å². The monoisotopic (exact) mass is 175 g/mol. The van der Waals surface area contributed by atoms with E-state index in [1.165, 1.54) is 5.57 Å². The third-order valence-corrected chi connectivity index (χ3v) is 1.97. The molecule has 0 radical (unpaired) electrons. The molecule has 1 nitrogen and oxygen atoms in total. The molecule has 0 spiro atoms. The maximum atomic E-state index is 3.71. The van der Waals surface area contributed by atoms with Crippen molar-refractivity contribution < 1.29 is 0 Å². The molecule has 0 atom stereocenters. The number of hydrogen-bond donors (Lipinski definition) is 0. The second-order valence-electron chi connectivity index (χ2n) is 3.12. The van der Waals surface area contributed by atoms with Crippen molar-refractivity contribution in [3.8, 4) is 0 Å². The van der Waals surface area contributed by atoms with E-state index in [9.17, 15) is 0 Å². The first-order chi connectivity index (χ1) is 6.36. The summed E-state index contributed by atoms with van der Waals surface area (Å²) in [7, 11) is 0. The molecule has 0 unspecified atom stereocenters. The summed E-state index contributed by atoms with van der Waals surface area (Å²) in [6, 6.07) is 0. The molecule has 1 aliphatic rings. The molecule has 1 heterocycles. The number of hydrogen-bond acceptors (Lipinski definition) is 1. The topological polar surface area (TPSA) is 3.24 Å². The molecule has 70 valence electrons. The van der Waals surface area contributed by atoms with E-state index in [1.54, 1.807) is 0 Å². The summed E-state index contributed by atoms with van der Waals surface area (Å²) >= 11 is 0. The predicted molar refractivity (Wildman–Crippen MR) is 58.4 cm³/mol. The van der Waals surface area contributed by atoms with Crippen molar-refractivity contribution >= 4 is 0 Å². The van der Waals surface area contributed by atoms with Crippen molar-refractivity contribution in [1.29, 1.82) is 0 Å². The van der Waals surface area contributed by atoms with Gasteiger partial charge in [-0.2, -0.15) is 0 Å². The fourth-order valence-corrected chi connectivity index (χ4v) is 1.24. The first-order valence-corrected chi connectivity index (χ1v) is 4.70. The van der Waals surface area contributed by atoms with Gasteiger partial charge >= 0.3 is 0 Å². The van der Waals surface area contributed by atoms with Gasteiger partial charge in [-0.05, 0) is 31.2 Å². The Hall–Kier alpha value is -1.24. The van der Waals surface area contributed by atoms with Crippen LogP contribution in [0.5, 0.6) is 0 Å². The van der Waals surface area contributed by atoms with Gasteiger partial charge in [0.15, 0.2) is 0 Å². The van der Waals surface area contributed by atoms with E-state index in [-0.39, 0.29) is 0 Å². The molecular weight excluding hydrogens is 158 g/mol. The average molecular weight is 175 g/mol. The van der Waals surface area contributed by atoms with Gasteiger partial charge in [0, 0.05) is 13.1 Å². The van der Waals surface area contributed by atoms with Crippen LogP contribution in [0.25, 0.3) is 0 Å². The number of nitrogens with zero attached hydrogens (tertiary/aromatic N) is 1. The quantitative estimate of drug-likeness (QED) is 0.459. The van der Waals surface area contributed by atoms with E-state index < -0.39 is 0 Å². The molecule has 0 N–H and O–H groups in total. The summed E-state index contributed by atoms with van der Waals surface area (Å²) in [6.07, 6.45) is 13.6. The van der Waals surface area contributed by atoms with Crippen molar-refractivity contribution in [2.45, 2.75) is 13.3 Å². The van der Waals surface area contributed by atoms with Gasteiger partial charge in [-0.3, -0.25) is 0 Å². The third-order valence-electron chi connectivity index (χ3n) is 1.97. The van der Waals surface area contributed by atoms with E-state index in [0.29, 0.717) is 0 Å². The highest BCUT2D eigenvalue weighted by atomic mass is 15.1. The van der Waals surface area contributed by atoms with Crippen LogP contribution in [-0.4, -0.2) is 18.0 Å². The minimum absolute atomic E-state index is 0.956. The van der Waals surface area contributed by atoms with Crippen LogP contribution >= 0.6 is 0 Å². The summed E-state index contributed by atoms with van der Waals surface area (Å²) in [6.45, 7) is 7.87. The summed E-state index contributed by atoms with van der Waals surface area (Å²) in [5, 5.41) is 0. The fraction of sp³-hybridized carbons (Fsp3) is 0.333. The Bertz CT molecular complexity index is 246. The molecule has 0 aromatic heterocycles. The lowest BCUT2D eigenvalue weighted by atomic mass is 10.1. The van der Waals surface area contributed by atoms with E-state index in [0.717, 1.165) is 19.5 Å². The summed E-state index contributed by atoms with van der Waals surface area (Å²) in [5.74, 6) is 0. The number of rotatable bonds is 5. The molecule has 1 aliphatic heterocycles. The standard InChI is InChI=1S/C12H17N/c1-3-5-8-12(7-4-2)11-13-9-6-10-13/h3-4,6-9H,1,5,10-11H2,2H3/b7-4-,12-8+. The van der Waals surface area contributed by atoms with Crippen molar-refractivity contribution in [2.75, 3.05) is 13.1 Å². The van der Waals surface area contributed by atoms with Crippen molar-refractivity contribution in [2.24, 2.45) is 0 Å². The Labute approximate surface area is 80.7 Å². The lowest BCUT2D eigenvalue weighted by molar-refractivity contribution is 0.410. The highest BCUT2D eigenvalue weighted by molar-refractivity contribution is 5.22. The Balaban J connectivity index is 2.45. The van der Waals surface area contributed by atoms with Crippen LogP contribution in [0.15, 0.2) is 48.7 Å². The summed E-state index contributed by atoms with van der Waals surface area (Å²) in [5.41, 5.74) is 1.37. The van der Waals surface area contributed by atoms with Gasteiger partial charge in [-0.15, -0.1) is 6.58 Å². The van der Waals surface area contributed by atoms with Crippen LogP contribution in [0, 0.1) is 0 Å². The first kappa shape index (κ1) is 9.85. The van der Waals surface area contributed by atoms with Crippen LogP contribution in [0.2, 0.25) is 0 Å². The van der Waals surface area contributed by atoms with E-state index in [4.69, 9.17) is 0 Å². The molecule has 0 saturated carbocycles. The molecule has 1 rings (SSSR count). The zero-order valence-electron chi connectivity index (χ0n) is 8.24. The van der Waals surface area contributed by atoms with Crippen LogP contribution in [-0.2, 0) is 0 Å². The third kappa shape index (κ3) is 3.32. The zero-order valence-corrected chi connectivity index (χ0v) is 8.24. The van der Waals surface area contributed by atoms with Gasteiger partial charge in [-0.1, -0.05) is 24.3 Å². The molecule has 1 heteroatoms. The minimum Gasteiger partial charge on any atom is -0.370 e. The van der Waals surface area contributed by atoms with Gasteiger partial charge in [0.05, 0.1) is 0 Å². The molecule has 0 aromatic rings. The fourth-order valence-electron chi connectivity index (χ4n) is 1.24. The molecule has 0 saturated heterocycles. The maximum absolute atomic E-state index is 3.71. The Morgan fingerprint density at radius 3 is 2.85 bits per heavy atom. The molecule has 13 heavy (non-hydrogen) atoms. The lowest BCUT2D eigenvalue weighted by Crippen LogP contribution is -2.26. The highest BCUT2D eigenvalue weighted by Gasteiger charge is 2.04. The van der Waals surface area contributed by atoms with Gasteiger partial charge in [0.1, 0.15) is 0 Å². The van der Waals surface area contributed by atoms with Gasteiger partial charge in [-0.25, -0.2) is 0 Å². The Morgan fingerprint density at radius 1 is 1.62 bits per heavy atom. The molecular formula is C12H17N. The number of allylic oxidation sites excluding steroid dienone is 3. The normalized spacial score (nSPS) is 16.4. The average Bonchev–Trinajstić information content (AvgIpc) is 2.07. The van der Waals surface area contributed by atoms with E-state index in [1.807, 2.05) is 13.0 Å². The highest BCUT2D eigenvalue weighted by Crippen LogP contribution is 2.08. The molecule has 0 bridgehead atoms. The van der Waals surface area contributed by atoms with Gasteiger partial charge in [0.2, 0.25) is 0 Å². The van der Waals surface area contributed by atoms with Gasteiger partial charge in [0.25, 0.3) is 0 Å². The zero-order chi connectivity index (χ0) is 9.52. The van der Waals surface area contributed by atoms with Crippen LogP contribution in [0.3, 0.4) is 0 Å². The molecule has 0 fully saturated rings. The second-order valence-corrected chi connectivity index (χ2v) is 3.12. The van der Waals surface area contributed by atoms with Crippen LogP contribution in [0.1, 0.15) is 13.3 Å². The van der Waals surface area contributed by atoms with Gasteiger partial charge < -0.3 is 4.90 Å². The van der Waals surface area contributed by atoms with Crippen LogP contribution < -0.4 is 0 Å².